The molecular weight excluding hydrogens is 256 g/mol. The molecule has 1 fully saturated rings. The van der Waals surface area contributed by atoms with Gasteiger partial charge in [0.25, 0.3) is 0 Å². The summed E-state index contributed by atoms with van der Waals surface area (Å²) in [6, 6.07) is 0. The molecule has 0 bridgehead atoms. The van der Waals surface area contributed by atoms with E-state index in [9.17, 15) is 14.4 Å². The lowest BCUT2D eigenvalue weighted by Crippen LogP contribution is -2.63. The lowest BCUT2D eigenvalue weighted by molar-refractivity contribution is -0.152. The van der Waals surface area contributed by atoms with Crippen molar-refractivity contribution in [1.82, 2.24) is 10.2 Å². The maximum atomic E-state index is 11.4. The first-order chi connectivity index (χ1) is 8.89. The topological polar surface area (TPSA) is 116 Å². The summed E-state index contributed by atoms with van der Waals surface area (Å²) in [5.74, 6) is -2.71. The van der Waals surface area contributed by atoms with Crippen LogP contribution in [0.25, 0.3) is 0 Å². The Labute approximate surface area is 110 Å². The Bertz CT molecular complexity index is 354. The highest BCUT2D eigenvalue weighted by Crippen LogP contribution is 2.26. The summed E-state index contributed by atoms with van der Waals surface area (Å²) in [4.78, 5) is 34.9. The van der Waals surface area contributed by atoms with Crippen LogP contribution in [0.1, 0.15) is 12.8 Å². The Morgan fingerprint density at radius 1 is 1.26 bits per heavy atom. The molecule has 1 rings (SSSR count). The van der Waals surface area contributed by atoms with Crippen molar-refractivity contribution >= 4 is 17.9 Å². The Balaban J connectivity index is 2.95. The van der Waals surface area contributed by atoms with Crippen LogP contribution in [-0.2, 0) is 19.1 Å². The number of methoxy groups -OCH3 is 1. The van der Waals surface area contributed by atoms with Gasteiger partial charge in [0, 0.05) is 19.6 Å². The van der Waals surface area contributed by atoms with E-state index in [1.165, 1.54) is 7.11 Å². The van der Waals surface area contributed by atoms with Crippen molar-refractivity contribution in [1.29, 1.82) is 0 Å². The number of aliphatic carboxylic acids is 2. The van der Waals surface area contributed by atoms with Crippen molar-refractivity contribution in [2.45, 2.75) is 18.4 Å². The number of nitrogens with zero attached hydrogens (tertiary/aromatic N) is 1. The largest absolute Gasteiger partial charge is 0.481 e. The van der Waals surface area contributed by atoms with Gasteiger partial charge >= 0.3 is 17.9 Å². The third-order valence-corrected chi connectivity index (χ3v) is 3.19. The number of esters is 1. The van der Waals surface area contributed by atoms with Crippen molar-refractivity contribution in [3.05, 3.63) is 0 Å². The highest BCUT2D eigenvalue weighted by Gasteiger charge is 2.43. The van der Waals surface area contributed by atoms with Gasteiger partial charge in [-0.1, -0.05) is 0 Å². The zero-order valence-electron chi connectivity index (χ0n) is 10.7. The van der Waals surface area contributed by atoms with Crippen LogP contribution in [0.5, 0.6) is 0 Å². The minimum atomic E-state index is -1.11. The average Bonchev–Trinajstić information content (AvgIpc) is 2.30. The molecule has 0 aromatic heterocycles. The second kappa shape index (κ2) is 6.48. The van der Waals surface area contributed by atoms with E-state index in [4.69, 9.17) is 10.2 Å². The predicted octanol–water partition coefficient (Wildman–Crippen LogP) is -1.25. The molecule has 0 aromatic rings. The third kappa shape index (κ3) is 4.18. The number of piperazine rings is 1. The second-order valence-corrected chi connectivity index (χ2v) is 4.54. The molecule has 8 nitrogen and oxygen atoms in total. The highest BCUT2D eigenvalue weighted by molar-refractivity contribution is 5.75. The molecule has 3 N–H and O–H groups in total. The van der Waals surface area contributed by atoms with E-state index in [-0.39, 0.29) is 25.9 Å². The van der Waals surface area contributed by atoms with E-state index in [1.807, 2.05) is 0 Å². The second-order valence-electron chi connectivity index (χ2n) is 4.54. The summed E-state index contributed by atoms with van der Waals surface area (Å²) >= 11 is 0. The smallest absolute Gasteiger partial charge is 0.319 e. The Morgan fingerprint density at radius 3 is 2.32 bits per heavy atom. The molecule has 1 aliphatic rings. The van der Waals surface area contributed by atoms with Crippen LogP contribution in [0.4, 0.5) is 0 Å². The first-order valence-electron chi connectivity index (χ1n) is 5.86. The van der Waals surface area contributed by atoms with Crippen LogP contribution in [0.15, 0.2) is 0 Å². The zero-order valence-corrected chi connectivity index (χ0v) is 10.7. The fourth-order valence-corrected chi connectivity index (χ4v) is 2.33. The Morgan fingerprint density at radius 2 is 1.84 bits per heavy atom. The van der Waals surface area contributed by atoms with Crippen molar-refractivity contribution in [2.75, 3.05) is 33.3 Å². The molecule has 0 radical (unpaired) electrons. The molecule has 0 saturated carbocycles. The van der Waals surface area contributed by atoms with Crippen molar-refractivity contribution < 1.29 is 29.3 Å². The number of nitrogens with one attached hydrogen (secondary N) is 1. The Kier molecular flexibility index (Phi) is 5.25. The van der Waals surface area contributed by atoms with Gasteiger partial charge < -0.3 is 20.3 Å². The van der Waals surface area contributed by atoms with Crippen molar-refractivity contribution in [3.8, 4) is 0 Å². The van der Waals surface area contributed by atoms with Gasteiger partial charge in [-0.15, -0.1) is 0 Å². The normalized spacial score (nSPS) is 18.8. The summed E-state index contributed by atoms with van der Waals surface area (Å²) in [7, 11) is 1.24. The molecule has 0 amide bonds. The van der Waals surface area contributed by atoms with E-state index in [0.717, 1.165) is 0 Å². The van der Waals surface area contributed by atoms with Crippen LogP contribution in [0, 0.1) is 0 Å². The number of hydrogen-bond acceptors (Lipinski definition) is 6. The molecular formula is C11H18N2O6. The zero-order chi connectivity index (χ0) is 14.5. The van der Waals surface area contributed by atoms with Crippen LogP contribution < -0.4 is 5.32 Å². The minimum Gasteiger partial charge on any atom is -0.481 e. The fraction of sp³-hybridized carbons (Fsp3) is 0.727. The molecule has 0 aliphatic carbocycles. The average molecular weight is 274 g/mol. The van der Waals surface area contributed by atoms with Crippen LogP contribution >= 0.6 is 0 Å². The lowest BCUT2D eigenvalue weighted by Gasteiger charge is -2.45. The summed E-state index contributed by atoms with van der Waals surface area (Å²) in [6.45, 7) is 1.06. The lowest BCUT2D eigenvalue weighted by atomic mass is 9.87. The first kappa shape index (κ1) is 15.4. The molecule has 0 unspecified atom stereocenters. The molecule has 8 heteroatoms. The van der Waals surface area contributed by atoms with E-state index in [2.05, 4.69) is 10.1 Å². The van der Waals surface area contributed by atoms with Gasteiger partial charge in [0.15, 0.2) is 0 Å². The summed E-state index contributed by atoms with van der Waals surface area (Å²) in [6.07, 6.45) is -0.688. The number of carboxylic acids is 2. The number of carbonyl (C=O) groups excluding carboxylic acids is 1. The van der Waals surface area contributed by atoms with Gasteiger partial charge in [0.05, 0.1) is 32.0 Å². The van der Waals surface area contributed by atoms with Gasteiger partial charge in [-0.3, -0.25) is 19.3 Å². The maximum Gasteiger partial charge on any atom is 0.319 e. The Hall–Kier alpha value is -1.67. The molecule has 0 aromatic carbocycles. The van der Waals surface area contributed by atoms with Crippen LogP contribution in [0.2, 0.25) is 0 Å². The van der Waals surface area contributed by atoms with E-state index in [1.54, 1.807) is 4.90 Å². The van der Waals surface area contributed by atoms with Crippen molar-refractivity contribution in [2.24, 2.45) is 0 Å². The van der Waals surface area contributed by atoms with Crippen LogP contribution in [0.3, 0.4) is 0 Å². The highest BCUT2D eigenvalue weighted by atomic mass is 16.5. The molecule has 1 saturated heterocycles. The van der Waals surface area contributed by atoms with E-state index < -0.39 is 23.4 Å². The van der Waals surface area contributed by atoms with Gasteiger partial charge in [-0.05, 0) is 0 Å². The van der Waals surface area contributed by atoms with Gasteiger partial charge in [0.2, 0.25) is 0 Å². The van der Waals surface area contributed by atoms with Crippen LogP contribution in [-0.4, -0.2) is 71.8 Å². The van der Waals surface area contributed by atoms with Gasteiger partial charge in [-0.2, -0.15) is 0 Å². The third-order valence-electron chi connectivity index (χ3n) is 3.19. The molecule has 1 heterocycles. The summed E-state index contributed by atoms with van der Waals surface area (Å²) < 4.78 is 4.56. The predicted molar refractivity (Wildman–Crippen MR) is 63.7 cm³/mol. The van der Waals surface area contributed by atoms with E-state index in [0.29, 0.717) is 13.1 Å². The number of hydrogen-bond donors (Lipinski definition) is 3. The molecule has 19 heavy (non-hydrogen) atoms. The number of rotatable bonds is 6. The van der Waals surface area contributed by atoms with E-state index >= 15 is 0 Å². The first-order valence-corrected chi connectivity index (χ1v) is 5.86. The summed E-state index contributed by atoms with van der Waals surface area (Å²) in [5.41, 5.74) is -1.11. The standard InChI is InChI=1S/C11H18N2O6/c1-19-10(18)6-13-3-2-12-7-11(13,4-8(14)15)5-9(16)17/h12H,2-7H2,1H3,(H,14,15)(H,16,17). The number of ether oxygens (including phenoxy) is 1. The van der Waals surface area contributed by atoms with Gasteiger partial charge in [0.1, 0.15) is 0 Å². The summed E-state index contributed by atoms with van der Waals surface area (Å²) in [5, 5.41) is 21.0. The molecule has 1 aliphatic heterocycles. The SMILES string of the molecule is COC(=O)CN1CCNCC1(CC(=O)O)CC(=O)O. The minimum absolute atomic E-state index is 0.112. The number of carboxylic acid groups (broad SMARTS) is 2. The van der Waals surface area contributed by atoms with Crippen molar-refractivity contribution in [3.63, 3.8) is 0 Å². The fourth-order valence-electron chi connectivity index (χ4n) is 2.33. The monoisotopic (exact) mass is 274 g/mol. The molecule has 0 atom stereocenters. The quantitative estimate of drug-likeness (QED) is 0.515. The van der Waals surface area contributed by atoms with Gasteiger partial charge in [-0.25, -0.2) is 0 Å². The maximum absolute atomic E-state index is 11.4. The number of carbonyl (C=O) groups is 3. The molecule has 0 spiro atoms. The molecule has 108 valence electrons.